The second-order valence-corrected chi connectivity index (χ2v) is 3.26. The van der Waals surface area contributed by atoms with Gasteiger partial charge in [-0.3, -0.25) is 0 Å². The molecule has 18 heavy (non-hydrogen) atoms. The summed E-state index contributed by atoms with van der Waals surface area (Å²) in [5.41, 5.74) is 3.86. The fourth-order valence-corrected chi connectivity index (χ4v) is 1.47. The summed E-state index contributed by atoms with van der Waals surface area (Å²) in [6.07, 6.45) is -1.86. The average Bonchev–Trinajstić information content (AvgIpc) is 2.36. The van der Waals surface area contributed by atoms with Gasteiger partial charge in [0.15, 0.2) is 5.69 Å². The molecule has 0 saturated heterocycles. The smallest absolute Gasteiger partial charge is 0.341 e. The molecule has 7 heteroatoms. The number of nitriles is 1. The zero-order valence-corrected chi connectivity index (χ0v) is 9.61. The predicted octanol–water partition coefficient (Wildman–Crippen LogP) is 1.53. The Balaban J connectivity index is 3.51. The monoisotopic (exact) mass is 255 g/mol. The Morgan fingerprint density at radius 2 is 2.33 bits per heavy atom. The van der Waals surface area contributed by atoms with E-state index in [-0.39, 0.29) is 24.4 Å². The summed E-state index contributed by atoms with van der Waals surface area (Å²) in [6, 6.07) is 1.60. The van der Waals surface area contributed by atoms with Gasteiger partial charge in [-0.1, -0.05) is 0 Å². The second kappa shape index (κ2) is 6.02. The largest absolute Gasteiger partial charge is 0.462 e. The van der Waals surface area contributed by atoms with E-state index in [4.69, 9.17) is 11.0 Å². The van der Waals surface area contributed by atoms with Gasteiger partial charge in [0.2, 0.25) is 0 Å². The van der Waals surface area contributed by atoms with Gasteiger partial charge in [-0.05, 0) is 12.5 Å². The van der Waals surface area contributed by atoms with Crippen molar-refractivity contribution in [1.82, 2.24) is 4.98 Å². The van der Waals surface area contributed by atoms with Gasteiger partial charge in [0.05, 0.1) is 6.61 Å². The third kappa shape index (κ3) is 2.60. The van der Waals surface area contributed by atoms with Crippen molar-refractivity contribution < 1.29 is 18.3 Å². The lowest BCUT2D eigenvalue weighted by Crippen LogP contribution is -2.16. The lowest BCUT2D eigenvalue weighted by atomic mass is 10.0. The van der Waals surface area contributed by atoms with Gasteiger partial charge in [0.25, 0.3) is 6.43 Å². The van der Waals surface area contributed by atoms with E-state index in [1.165, 1.54) is 6.92 Å². The number of rotatable bonds is 4. The molecule has 0 bridgehead atoms. The van der Waals surface area contributed by atoms with Crippen molar-refractivity contribution in [3.8, 4) is 6.07 Å². The summed E-state index contributed by atoms with van der Waals surface area (Å²) in [4.78, 5) is 15.3. The van der Waals surface area contributed by atoms with Gasteiger partial charge in [-0.25, -0.2) is 18.6 Å². The number of esters is 1. The van der Waals surface area contributed by atoms with Gasteiger partial charge in [0, 0.05) is 18.3 Å². The van der Waals surface area contributed by atoms with Crippen molar-refractivity contribution in [2.45, 2.75) is 19.9 Å². The maximum atomic E-state index is 13.0. The van der Waals surface area contributed by atoms with Crippen molar-refractivity contribution >= 4 is 5.97 Å². The van der Waals surface area contributed by atoms with Gasteiger partial charge in [-0.2, -0.15) is 5.26 Å². The molecule has 0 unspecified atom stereocenters. The van der Waals surface area contributed by atoms with Crippen molar-refractivity contribution in [1.29, 1.82) is 5.26 Å². The number of alkyl halides is 2. The third-order valence-electron chi connectivity index (χ3n) is 2.23. The molecular formula is C11H11F2N3O2. The summed E-state index contributed by atoms with van der Waals surface area (Å²) >= 11 is 0. The highest BCUT2D eigenvalue weighted by molar-refractivity contribution is 5.93. The highest BCUT2D eigenvalue weighted by Crippen LogP contribution is 2.28. The molecular weight excluding hydrogens is 244 g/mol. The minimum atomic E-state index is -2.93. The van der Waals surface area contributed by atoms with Crippen molar-refractivity contribution in [3.05, 3.63) is 28.6 Å². The fraction of sp³-hybridized carbons (Fsp3) is 0.364. The minimum Gasteiger partial charge on any atom is -0.462 e. The maximum Gasteiger partial charge on any atom is 0.341 e. The van der Waals surface area contributed by atoms with Crippen LogP contribution in [0.2, 0.25) is 0 Å². The van der Waals surface area contributed by atoms with E-state index in [9.17, 15) is 13.6 Å². The standard InChI is InChI=1S/C11H11F2N3O2/c1-2-18-11(17)9-7(4-15)16-5-6(3-14)8(9)10(12)13/h5,10H,2-3,14H2,1H3. The number of carbonyl (C=O) groups excluding carboxylic acids is 1. The Bertz CT molecular complexity index is 498. The van der Waals surface area contributed by atoms with Crippen LogP contribution in [0, 0.1) is 11.3 Å². The Hall–Kier alpha value is -2.07. The molecule has 0 amide bonds. The van der Waals surface area contributed by atoms with Gasteiger partial charge in [-0.15, -0.1) is 0 Å². The van der Waals surface area contributed by atoms with E-state index >= 15 is 0 Å². The average molecular weight is 255 g/mol. The number of ether oxygens (including phenoxy) is 1. The second-order valence-electron chi connectivity index (χ2n) is 3.26. The number of aromatic nitrogens is 1. The molecule has 0 aliphatic rings. The number of pyridine rings is 1. The molecule has 0 aliphatic carbocycles. The van der Waals surface area contributed by atoms with E-state index < -0.39 is 23.5 Å². The molecule has 2 N–H and O–H groups in total. The molecule has 1 rings (SSSR count). The summed E-state index contributed by atoms with van der Waals surface area (Å²) in [5.74, 6) is -0.993. The first kappa shape index (κ1) is 14.0. The fourth-order valence-electron chi connectivity index (χ4n) is 1.47. The van der Waals surface area contributed by atoms with Gasteiger partial charge in [0.1, 0.15) is 11.6 Å². The van der Waals surface area contributed by atoms with Crippen LogP contribution in [0.3, 0.4) is 0 Å². The number of nitrogens with two attached hydrogens (primary N) is 1. The molecule has 96 valence electrons. The maximum absolute atomic E-state index is 13.0. The number of hydrogen-bond donors (Lipinski definition) is 1. The zero-order chi connectivity index (χ0) is 13.7. The Morgan fingerprint density at radius 1 is 1.67 bits per heavy atom. The molecule has 0 fully saturated rings. The van der Waals surface area contributed by atoms with E-state index in [1.807, 2.05) is 0 Å². The van der Waals surface area contributed by atoms with E-state index in [1.54, 1.807) is 6.07 Å². The van der Waals surface area contributed by atoms with Crippen LogP contribution in [-0.4, -0.2) is 17.6 Å². The summed E-state index contributed by atoms with van der Waals surface area (Å²) in [7, 11) is 0. The topological polar surface area (TPSA) is 89.0 Å². The van der Waals surface area contributed by atoms with Crippen LogP contribution in [0.1, 0.15) is 40.5 Å². The molecule has 0 radical (unpaired) electrons. The first-order valence-corrected chi connectivity index (χ1v) is 5.14. The van der Waals surface area contributed by atoms with E-state index in [0.717, 1.165) is 6.20 Å². The van der Waals surface area contributed by atoms with Crippen LogP contribution in [0.25, 0.3) is 0 Å². The lowest BCUT2D eigenvalue weighted by molar-refractivity contribution is 0.0514. The Kier molecular flexibility index (Phi) is 4.68. The van der Waals surface area contributed by atoms with Crippen LogP contribution < -0.4 is 5.73 Å². The molecule has 0 saturated carbocycles. The molecule has 1 heterocycles. The molecule has 0 atom stereocenters. The first-order chi connectivity index (χ1) is 8.56. The number of carbonyl (C=O) groups is 1. The highest BCUT2D eigenvalue weighted by Gasteiger charge is 2.27. The number of hydrogen-bond acceptors (Lipinski definition) is 5. The number of halogens is 2. The van der Waals surface area contributed by atoms with Crippen LogP contribution in [-0.2, 0) is 11.3 Å². The SMILES string of the molecule is CCOC(=O)c1c(C#N)ncc(CN)c1C(F)F. The van der Waals surface area contributed by atoms with Crippen LogP contribution in [0.15, 0.2) is 6.20 Å². The zero-order valence-electron chi connectivity index (χ0n) is 9.61. The molecule has 0 aliphatic heterocycles. The predicted molar refractivity (Wildman–Crippen MR) is 57.8 cm³/mol. The van der Waals surface area contributed by atoms with Crippen LogP contribution >= 0.6 is 0 Å². The van der Waals surface area contributed by atoms with E-state index in [0.29, 0.717) is 0 Å². The lowest BCUT2D eigenvalue weighted by Gasteiger charge is -2.12. The molecule has 0 aromatic carbocycles. The summed E-state index contributed by atoms with van der Waals surface area (Å²) in [5, 5.41) is 8.81. The Labute approximate surface area is 102 Å². The molecule has 5 nitrogen and oxygen atoms in total. The molecule has 0 spiro atoms. The van der Waals surface area contributed by atoms with Gasteiger partial charge < -0.3 is 10.5 Å². The summed E-state index contributed by atoms with van der Waals surface area (Å²) < 4.78 is 30.6. The van der Waals surface area contributed by atoms with Gasteiger partial charge >= 0.3 is 5.97 Å². The quantitative estimate of drug-likeness (QED) is 0.824. The highest BCUT2D eigenvalue weighted by atomic mass is 19.3. The summed E-state index contributed by atoms with van der Waals surface area (Å²) in [6.45, 7) is 1.34. The first-order valence-electron chi connectivity index (χ1n) is 5.14. The van der Waals surface area contributed by atoms with Crippen molar-refractivity contribution in [3.63, 3.8) is 0 Å². The third-order valence-corrected chi connectivity index (χ3v) is 2.23. The number of nitrogens with zero attached hydrogens (tertiary/aromatic N) is 2. The molecule has 1 aromatic rings. The van der Waals surface area contributed by atoms with Crippen LogP contribution in [0.4, 0.5) is 8.78 Å². The van der Waals surface area contributed by atoms with E-state index in [2.05, 4.69) is 9.72 Å². The van der Waals surface area contributed by atoms with Crippen molar-refractivity contribution in [2.24, 2.45) is 5.73 Å². The molecule has 1 aromatic heterocycles. The normalized spacial score (nSPS) is 10.2. The van der Waals surface area contributed by atoms with Crippen molar-refractivity contribution in [2.75, 3.05) is 6.61 Å². The Morgan fingerprint density at radius 3 is 2.78 bits per heavy atom. The minimum absolute atomic E-state index is 0.0131. The van der Waals surface area contributed by atoms with Crippen LogP contribution in [0.5, 0.6) is 0 Å².